The molecule has 1 unspecified atom stereocenters. The standard InChI is InChI=1S/C9H14N4O2/c1-6(5-11-2)15-8-4-3-7(9(10)14)12-13-8/h3-4,6,11H,5H2,1-2H3,(H2,10,14). The van der Waals surface area contributed by atoms with Crippen LogP contribution in [-0.4, -0.2) is 35.8 Å². The topological polar surface area (TPSA) is 90.1 Å². The Morgan fingerprint density at radius 2 is 2.33 bits per heavy atom. The number of rotatable bonds is 5. The van der Waals surface area contributed by atoms with Gasteiger partial charge in [0.1, 0.15) is 6.10 Å². The van der Waals surface area contributed by atoms with Crippen LogP contribution in [-0.2, 0) is 0 Å². The summed E-state index contributed by atoms with van der Waals surface area (Å²) in [6.45, 7) is 2.61. The molecule has 15 heavy (non-hydrogen) atoms. The average molecular weight is 210 g/mol. The van der Waals surface area contributed by atoms with Crippen LogP contribution >= 0.6 is 0 Å². The minimum absolute atomic E-state index is 0.0104. The number of ether oxygens (including phenoxy) is 1. The summed E-state index contributed by atoms with van der Waals surface area (Å²) in [6, 6.07) is 3.05. The molecule has 1 aromatic heterocycles. The fraction of sp³-hybridized carbons (Fsp3) is 0.444. The molecule has 0 fully saturated rings. The monoisotopic (exact) mass is 210 g/mol. The second-order valence-electron chi connectivity index (χ2n) is 3.11. The van der Waals surface area contributed by atoms with Crippen LogP contribution in [0.4, 0.5) is 0 Å². The lowest BCUT2D eigenvalue weighted by Gasteiger charge is -2.12. The highest BCUT2D eigenvalue weighted by Crippen LogP contribution is 2.06. The number of hydrogen-bond donors (Lipinski definition) is 2. The molecule has 1 amide bonds. The Bertz CT molecular complexity index is 325. The zero-order valence-corrected chi connectivity index (χ0v) is 8.73. The Hall–Kier alpha value is -1.69. The van der Waals surface area contributed by atoms with E-state index in [2.05, 4.69) is 15.5 Å². The minimum atomic E-state index is -0.600. The molecule has 3 N–H and O–H groups in total. The molecule has 0 spiro atoms. The smallest absolute Gasteiger partial charge is 0.269 e. The molecule has 0 aliphatic carbocycles. The number of carbonyl (C=O) groups is 1. The van der Waals surface area contributed by atoms with Crippen LogP contribution in [0.25, 0.3) is 0 Å². The number of aromatic nitrogens is 2. The molecule has 0 aliphatic rings. The summed E-state index contributed by atoms with van der Waals surface area (Å²) in [5.41, 5.74) is 5.15. The number of nitrogens with two attached hydrogens (primary N) is 1. The van der Waals surface area contributed by atoms with Crippen LogP contribution in [0.5, 0.6) is 5.88 Å². The van der Waals surface area contributed by atoms with Crippen molar-refractivity contribution in [2.75, 3.05) is 13.6 Å². The van der Waals surface area contributed by atoms with Crippen LogP contribution in [0.3, 0.4) is 0 Å². The van der Waals surface area contributed by atoms with E-state index >= 15 is 0 Å². The second-order valence-corrected chi connectivity index (χ2v) is 3.11. The van der Waals surface area contributed by atoms with E-state index in [0.29, 0.717) is 12.4 Å². The SMILES string of the molecule is CNCC(C)Oc1ccc(C(N)=O)nn1. The summed E-state index contributed by atoms with van der Waals surface area (Å²) in [5.74, 6) is -0.222. The van der Waals surface area contributed by atoms with Gasteiger partial charge in [-0.25, -0.2) is 0 Å². The number of hydrogen-bond acceptors (Lipinski definition) is 5. The van der Waals surface area contributed by atoms with Gasteiger partial charge in [-0.3, -0.25) is 4.79 Å². The Labute approximate surface area is 87.8 Å². The van der Waals surface area contributed by atoms with E-state index in [1.807, 2.05) is 14.0 Å². The summed E-state index contributed by atoms with van der Waals surface area (Å²) in [4.78, 5) is 10.7. The van der Waals surface area contributed by atoms with Crippen molar-refractivity contribution in [1.29, 1.82) is 0 Å². The van der Waals surface area contributed by atoms with Crippen molar-refractivity contribution >= 4 is 5.91 Å². The number of nitrogens with one attached hydrogen (secondary N) is 1. The van der Waals surface area contributed by atoms with E-state index in [9.17, 15) is 4.79 Å². The van der Waals surface area contributed by atoms with Gasteiger partial charge in [-0.05, 0) is 20.0 Å². The van der Waals surface area contributed by atoms with Crippen molar-refractivity contribution in [2.45, 2.75) is 13.0 Å². The first-order chi connectivity index (χ1) is 7.13. The maximum atomic E-state index is 10.7. The van der Waals surface area contributed by atoms with Gasteiger partial charge in [0, 0.05) is 12.6 Å². The summed E-state index contributed by atoms with van der Waals surface area (Å²) in [5, 5.41) is 10.3. The molecular weight excluding hydrogens is 196 g/mol. The molecule has 0 aromatic carbocycles. The first-order valence-corrected chi connectivity index (χ1v) is 4.58. The molecular formula is C9H14N4O2. The normalized spacial score (nSPS) is 12.1. The van der Waals surface area contributed by atoms with Gasteiger partial charge in [-0.2, -0.15) is 0 Å². The van der Waals surface area contributed by atoms with E-state index in [-0.39, 0.29) is 11.8 Å². The minimum Gasteiger partial charge on any atom is -0.472 e. The third kappa shape index (κ3) is 3.51. The van der Waals surface area contributed by atoms with Gasteiger partial charge >= 0.3 is 0 Å². The van der Waals surface area contributed by atoms with Crippen molar-refractivity contribution in [3.63, 3.8) is 0 Å². The van der Waals surface area contributed by atoms with Crippen molar-refractivity contribution in [2.24, 2.45) is 5.73 Å². The fourth-order valence-corrected chi connectivity index (χ4v) is 1.05. The van der Waals surface area contributed by atoms with Crippen molar-refractivity contribution in [3.05, 3.63) is 17.8 Å². The first-order valence-electron chi connectivity index (χ1n) is 4.58. The van der Waals surface area contributed by atoms with Crippen LogP contribution in [0.2, 0.25) is 0 Å². The number of amides is 1. The van der Waals surface area contributed by atoms with Gasteiger partial charge in [0.15, 0.2) is 5.69 Å². The maximum absolute atomic E-state index is 10.7. The molecule has 1 aromatic rings. The maximum Gasteiger partial charge on any atom is 0.269 e. The van der Waals surface area contributed by atoms with E-state index in [4.69, 9.17) is 10.5 Å². The lowest BCUT2D eigenvalue weighted by Crippen LogP contribution is -2.26. The molecule has 82 valence electrons. The van der Waals surface area contributed by atoms with Gasteiger partial charge in [-0.15, -0.1) is 10.2 Å². The largest absolute Gasteiger partial charge is 0.472 e. The highest BCUT2D eigenvalue weighted by Gasteiger charge is 2.06. The van der Waals surface area contributed by atoms with E-state index in [1.54, 1.807) is 6.07 Å². The zero-order valence-electron chi connectivity index (χ0n) is 8.73. The van der Waals surface area contributed by atoms with Crippen molar-refractivity contribution < 1.29 is 9.53 Å². The number of likely N-dealkylation sites (N-methyl/N-ethyl adjacent to an activating group) is 1. The molecule has 6 heteroatoms. The van der Waals surface area contributed by atoms with Crippen molar-refractivity contribution in [3.8, 4) is 5.88 Å². The average Bonchev–Trinajstić information content (AvgIpc) is 2.18. The predicted octanol–water partition coefficient (Wildman–Crippen LogP) is -0.438. The Balaban J connectivity index is 2.60. The molecule has 0 aliphatic heterocycles. The van der Waals surface area contributed by atoms with Gasteiger partial charge < -0.3 is 15.8 Å². The van der Waals surface area contributed by atoms with Crippen LogP contribution in [0.15, 0.2) is 12.1 Å². The molecule has 0 saturated heterocycles. The number of primary amides is 1. The Morgan fingerprint density at radius 1 is 1.60 bits per heavy atom. The quantitative estimate of drug-likeness (QED) is 0.687. The second kappa shape index (κ2) is 5.26. The number of nitrogens with zero attached hydrogens (tertiary/aromatic N) is 2. The molecule has 0 radical (unpaired) electrons. The van der Waals surface area contributed by atoms with Crippen LogP contribution in [0.1, 0.15) is 17.4 Å². The third-order valence-electron chi connectivity index (χ3n) is 1.71. The van der Waals surface area contributed by atoms with Gasteiger partial charge in [0.2, 0.25) is 5.88 Å². The number of carbonyl (C=O) groups excluding carboxylic acids is 1. The van der Waals surface area contributed by atoms with Gasteiger partial charge in [-0.1, -0.05) is 0 Å². The first kappa shape index (κ1) is 11.4. The van der Waals surface area contributed by atoms with E-state index in [1.165, 1.54) is 6.07 Å². The van der Waals surface area contributed by atoms with E-state index < -0.39 is 5.91 Å². The summed E-state index contributed by atoms with van der Waals surface area (Å²) >= 11 is 0. The molecule has 0 saturated carbocycles. The lowest BCUT2D eigenvalue weighted by molar-refractivity contribution is 0.0994. The molecule has 1 heterocycles. The molecule has 6 nitrogen and oxygen atoms in total. The van der Waals surface area contributed by atoms with Crippen LogP contribution in [0, 0.1) is 0 Å². The van der Waals surface area contributed by atoms with Gasteiger partial charge in [0.25, 0.3) is 5.91 Å². The fourth-order valence-electron chi connectivity index (χ4n) is 1.05. The highest BCUT2D eigenvalue weighted by molar-refractivity contribution is 5.90. The summed E-state index contributed by atoms with van der Waals surface area (Å²) in [6.07, 6.45) is -0.0104. The highest BCUT2D eigenvalue weighted by atomic mass is 16.5. The third-order valence-corrected chi connectivity index (χ3v) is 1.71. The summed E-state index contributed by atoms with van der Waals surface area (Å²) in [7, 11) is 1.84. The summed E-state index contributed by atoms with van der Waals surface area (Å²) < 4.78 is 5.40. The predicted molar refractivity (Wildman–Crippen MR) is 54.6 cm³/mol. The molecule has 1 atom stereocenters. The zero-order chi connectivity index (χ0) is 11.3. The van der Waals surface area contributed by atoms with Gasteiger partial charge in [0.05, 0.1) is 0 Å². The lowest BCUT2D eigenvalue weighted by atomic mass is 10.3. The van der Waals surface area contributed by atoms with E-state index in [0.717, 1.165) is 0 Å². The van der Waals surface area contributed by atoms with Crippen LogP contribution < -0.4 is 15.8 Å². The Morgan fingerprint density at radius 3 is 2.80 bits per heavy atom. The molecule has 1 rings (SSSR count). The Kier molecular flexibility index (Phi) is 3.99. The van der Waals surface area contributed by atoms with Crippen molar-refractivity contribution in [1.82, 2.24) is 15.5 Å². The molecule has 0 bridgehead atoms.